The van der Waals surface area contributed by atoms with Crippen LogP contribution in [0, 0.1) is 6.92 Å². The Bertz CT molecular complexity index is 535. The molecule has 0 amide bonds. The standard InChI is InChI=1S/C11H12ClN5/c1-6-2-3-7(12)4-8(6)15-10-5-9(13)16-11(14)17-10/h2-5H,1H3,(H5,13,14,15,16,17). The number of nitrogen functional groups attached to an aromatic ring is 2. The van der Waals surface area contributed by atoms with Crippen molar-refractivity contribution in [2.45, 2.75) is 6.92 Å². The summed E-state index contributed by atoms with van der Waals surface area (Å²) in [5, 5.41) is 3.75. The Morgan fingerprint density at radius 3 is 2.65 bits per heavy atom. The van der Waals surface area contributed by atoms with Crippen molar-refractivity contribution in [1.82, 2.24) is 9.97 Å². The van der Waals surface area contributed by atoms with Crippen LogP contribution in [0.1, 0.15) is 5.56 Å². The van der Waals surface area contributed by atoms with E-state index in [0.29, 0.717) is 16.7 Å². The Balaban J connectivity index is 2.34. The topological polar surface area (TPSA) is 89.8 Å². The number of aryl methyl sites for hydroxylation is 1. The fraction of sp³-hybridized carbons (Fsp3) is 0.0909. The van der Waals surface area contributed by atoms with Crippen molar-refractivity contribution in [3.05, 3.63) is 34.9 Å². The van der Waals surface area contributed by atoms with E-state index in [1.807, 2.05) is 25.1 Å². The number of halogens is 1. The van der Waals surface area contributed by atoms with E-state index in [0.717, 1.165) is 11.3 Å². The molecular formula is C11H12ClN5. The molecular weight excluding hydrogens is 238 g/mol. The zero-order valence-corrected chi connectivity index (χ0v) is 9.99. The lowest BCUT2D eigenvalue weighted by Gasteiger charge is -2.09. The Kier molecular flexibility index (Phi) is 3.01. The molecule has 88 valence electrons. The molecule has 0 aliphatic carbocycles. The monoisotopic (exact) mass is 249 g/mol. The third-order valence-corrected chi connectivity index (χ3v) is 2.46. The van der Waals surface area contributed by atoms with Crippen LogP contribution in [0.2, 0.25) is 5.02 Å². The quantitative estimate of drug-likeness (QED) is 0.760. The fourth-order valence-corrected chi connectivity index (χ4v) is 1.59. The summed E-state index contributed by atoms with van der Waals surface area (Å²) in [5.74, 6) is 0.993. The Morgan fingerprint density at radius 1 is 1.18 bits per heavy atom. The zero-order chi connectivity index (χ0) is 12.4. The molecule has 0 radical (unpaired) electrons. The van der Waals surface area contributed by atoms with Crippen LogP contribution < -0.4 is 16.8 Å². The van der Waals surface area contributed by atoms with E-state index >= 15 is 0 Å². The van der Waals surface area contributed by atoms with Crippen LogP contribution in [0.3, 0.4) is 0 Å². The second kappa shape index (κ2) is 4.47. The predicted molar refractivity (Wildman–Crippen MR) is 70.3 cm³/mol. The molecule has 0 saturated heterocycles. The van der Waals surface area contributed by atoms with E-state index in [1.54, 1.807) is 6.07 Å². The number of nitrogens with zero attached hydrogens (tertiary/aromatic N) is 2. The second-order valence-electron chi connectivity index (χ2n) is 3.62. The predicted octanol–water partition coefficient (Wildman–Crippen LogP) is 2.35. The van der Waals surface area contributed by atoms with Gasteiger partial charge in [-0.3, -0.25) is 0 Å². The third kappa shape index (κ3) is 2.76. The summed E-state index contributed by atoms with van der Waals surface area (Å²) in [4.78, 5) is 7.83. The number of anilines is 4. The van der Waals surface area contributed by atoms with Crippen molar-refractivity contribution in [2.24, 2.45) is 0 Å². The molecule has 0 aliphatic heterocycles. The van der Waals surface area contributed by atoms with Crippen LogP contribution in [-0.4, -0.2) is 9.97 Å². The highest BCUT2D eigenvalue weighted by Crippen LogP contribution is 2.24. The summed E-state index contributed by atoms with van der Waals surface area (Å²) >= 11 is 5.92. The van der Waals surface area contributed by atoms with Gasteiger partial charge in [-0.2, -0.15) is 9.97 Å². The van der Waals surface area contributed by atoms with Gasteiger partial charge >= 0.3 is 0 Å². The van der Waals surface area contributed by atoms with Crippen molar-refractivity contribution in [3.8, 4) is 0 Å². The number of hydrogen-bond acceptors (Lipinski definition) is 5. The van der Waals surface area contributed by atoms with E-state index in [4.69, 9.17) is 23.1 Å². The molecule has 17 heavy (non-hydrogen) atoms. The molecule has 1 aromatic heterocycles. The normalized spacial score (nSPS) is 10.2. The van der Waals surface area contributed by atoms with Crippen molar-refractivity contribution in [2.75, 3.05) is 16.8 Å². The van der Waals surface area contributed by atoms with Gasteiger partial charge in [-0.25, -0.2) is 0 Å². The van der Waals surface area contributed by atoms with Crippen molar-refractivity contribution >= 4 is 34.9 Å². The average Bonchev–Trinajstić information content (AvgIpc) is 2.22. The van der Waals surface area contributed by atoms with Gasteiger partial charge in [-0.1, -0.05) is 17.7 Å². The molecule has 2 rings (SSSR count). The van der Waals surface area contributed by atoms with E-state index in [2.05, 4.69) is 15.3 Å². The van der Waals surface area contributed by atoms with Gasteiger partial charge in [0.2, 0.25) is 5.95 Å². The van der Waals surface area contributed by atoms with Gasteiger partial charge in [-0.15, -0.1) is 0 Å². The summed E-state index contributed by atoms with van der Waals surface area (Å²) in [6.45, 7) is 1.96. The first-order valence-electron chi connectivity index (χ1n) is 4.98. The van der Waals surface area contributed by atoms with Gasteiger partial charge in [0.05, 0.1) is 0 Å². The number of nitrogens with one attached hydrogen (secondary N) is 1. The Hall–Kier alpha value is -2.01. The summed E-state index contributed by atoms with van der Waals surface area (Å²) in [6, 6.07) is 7.16. The Labute approximate surface area is 104 Å². The molecule has 6 heteroatoms. The molecule has 1 heterocycles. The van der Waals surface area contributed by atoms with Crippen molar-refractivity contribution < 1.29 is 0 Å². The van der Waals surface area contributed by atoms with Gasteiger partial charge in [0, 0.05) is 16.8 Å². The summed E-state index contributed by atoms with van der Waals surface area (Å²) in [5.41, 5.74) is 13.0. The van der Waals surface area contributed by atoms with E-state index < -0.39 is 0 Å². The zero-order valence-electron chi connectivity index (χ0n) is 9.24. The number of nitrogens with two attached hydrogens (primary N) is 2. The molecule has 0 unspecified atom stereocenters. The Morgan fingerprint density at radius 2 is 1.94 bits per heavy atom. The molecule has 5 N–H and O–H groups in total. The maximum Gasteiger partial charge on any atom is 0.223 e. The lowest BCUT2D eigenvalue weighted by molar-refractivity contribution is 1.19. The molecule has 0 spiro atoms. The largest absolute Gasteiger partial charge is 0.383 e. The summed E-state index contributed by atoms with van der Waals surface area (Å²) in [6.07, 6.45) is 0. The lowest BCUT2D eigenvalue weighted by Crippen LogP contribution is -2.03. The van der Waals surface area contributed by atoms with Crippen molar-refractivity contribution in [1.29, 1.82) is 0 Å². The van der Waals surface area contributed by atoms with Crippen LogP contribution in [0.5, 0.6) is 0 Å². The number of rotatable bonds is 2. The van der Waals surface area contributed by atoms with Crippen LogP contribution in [0.4, 0.5) is 23.3 Å². The van der Waals surface area contributed by atoms with Gasteiger partial charge in [-0.05, 0) is 24.6 Å². The minimum atomic E-state index is 0.132. The van der Waals surface area contributed by atoms with Gasteiger partial charge in [0.15, 0.2) is 0 Å². The minimum Gasteiger partial charge on any atom is -0.383 e. The summed E-state index contributed by atoms with van der Waals surface area (Å²) in [7, 11) is 0. The fourth-order valence-electron chi connectivity index (χ4n) is 1.42. The van der Waals surface area contributed by atoms with E-state index in [-0.39, 0.29) is 5.95 Å². The molecule has 0 saturated carbocycles. The SMILES string of the molecule is Cc1ccc(Cl)cc1Nc1cc(N)nc(N)n1. The first-order valence-corrected chi connectivity index (χ1v) is 5.35. The smallest absolute Gasteiger partial charge is 0.223 e. The van der Waals surface area contributed by atoms with E-state index in [1.165, 1.54) is 0 Å². The van der Waals surface area contributed by atoms with E-state index in [9.17, 15) is 0 Å². The van der Waals surface area contributed by atoms with Gasteiger partial charge < -0.3 is 16.8 Å². The maximum atomic E-state index is 5.92. The molecule has 1 aromatic carbocycles. The number of aromatic nitrogens is 2. The highest BCUT2D eigenvalue weighted by molar-refractivity contribution is 6.30. The first kappa shape index (κ1) is 11.5. The summed E-state index contributed by atoms with van der Waals surface area (Å²) < 4.78 is 0. The van der Waals surface area contributed by atoms with Crippen LogP contribution in [-0.2, 0) is 0 Å². The number of benzene rings is 1. The first-order chi connectivity index (χ1) is 8.04. The molecule has 5 nitrogen and oxygen atoms in total. The van der Waals surface area contributed by atoms with Gasteiger partial charge in [0.25, 0.3) is 0 Å². The second-order valence-corrected chi connectivity index (χ2v) is 4.06. The highest BCUT2D eigenvalue weighted by atomic mass is 35.5. The maximum absolute atomic E-state index is 5.92. The third-order valence-electron chi connectivity index (χ3n) is 2.23. The van der Waals surface area contributed by atoms with Crippen LogP contribution in [0.25, 0.3) is 0 Å². The van der Waals surface area contributed by atoms with Crippen LogP contribution >= 0.6 is 11.6 Å². The minimum absolute atomic E-state index is 0.132. The number of hydrogen-bond donors (Lipinski definition) is 3. The molecule has 0 aliphatic rings. The van der Waals surface area contributed by atoms with Crippen LogP contribution in [0.15, 0.2) is 24.3 Å². The molecule has 2 aromatic rings. The highest BCUT2D eigenvalue weighted by Gasteiger charge is 2.03. The molecule has 0 bridgehead atoms. The molecule has 0 atom stereocenters. The average molecular weight is 250 g/mol. The van der Waals surface area contributed by atoms with Gasteiger partial charge in [0.1, 0.15) is 11.6 Å². The van der Waals surface area contributed by atoms with Crippen molar-refractivity contribution in [3.63, 3.8) is 0 Å². The molecule has 0 fully saturated rings. The lowest BCUT2D eigenvalue weighted by atomic mass is 10.2.